The summed E-state index contributed by atoms with van der Waals surface area (Å²) < 4.78 is 0. The Morgan fingerprint density at radius 1 is 1.60 bits per heavy atom. The molecule has 0 saturated heterocycles. The molecule has 0 bridgehead atoms. The number of allylic oxidation sites excluding steroid dienone is 2. The lowest BCUT2D eigenvalue weighted by atomic mass is 10.1. The summed E-state index contributed by atoms with van der Waals surface area (Å²) in [7, 11) is 0. The first kappa shape index (κ1) is 9.41. The first-order valence-electron chi connectivity index (χ1n) is 3.87. The molecule has 0 aromatic rings. The fourth-order valence-corrected chi connectivity index (χ4v) is 0.425. The summed E-state index contributed by atoms with van der Waals surface area (Å²) >= 11 is 0. The molecule has 1 atom stereocenters. The Balaban J connectivity index is 3.75. The van der Waals surface area contributed by atoms with Crippen LogP contribution in [0.4, 0.5) is 0 Å². The quantitative estimate of drug-likeness (QED) is 0.533. The van der Waals surface area contributed by atoms with Crippen molar-refractivity contribution in [3.63, 3.8) is 0 Å². The molecule has 10 heavy (non-hydrogen) atoms. The van der Waals surface area contributed by atoms with Crippen LogP contribution in [-0.2, 0) is 0 Å². The minimum Gasteiger partial charge on any atom is -0.266 e. The summed E-state index contributed by atoms with van der Waals surface area (Å²) in [6.45, 7) is 8.36. The second-order valence-corrected chi connectivity index (χ2v) is 2.59. The van der Waals surface area contributed by atoms with Gasteiger partial charge in [-0.05, 0) is 26.2 Å². The zero-order chi connectivity index (χ0) is 7.98. The van der Waals surface area contributed by atoms with Gasteiger partial charge >= 0.3 is 0 Å². The van der Waals surface area contributed by atoms with E-state index in [-0.39, 0.29) is 0 Å². The SMILES string of the molecule is C/C=C(/C)N=CC(C)CC. The van der Waals surface area contributed by atoms with Gasteiger partial charge in [0.2, 0.25) is 0 Å². The lowest BCUT2D eigenvalue weighted by Crippen LogP contribution is -1.92. The Bertz CT molecular complexity index is 134. The van der Waals surface area contributed by atoms with Crippen LogP contribution in [0.1, 0.15) is 34.1 Å². The molecule has 0 aliphatic heterocycles. The van der Waals surface area contributed by atoms with Crippen molar-refractivity contribution in [3.05, 3.63) is 11.8 Å². The van der Waals surface area contributed by atoms with E-state index in [0.29, 0.717) is 5.92 Å². The molecule has 0 aliphatic rings. The molecule has 58 valence electrons. The van der Waals surface area contributed by atoms with Gasteiger partial charge in [-0.25, -0.2) is 0 Å². The summed E-state index contributed by atoms with van der Waals surface area (Å²) in [6.07, 6.45) is 5.19. The second-order valence-electron chi connectivity index (χ2n) is 2.59. The third-order valence-corrected chi connectivity index (χ3v) is 1.59. The van der Waals surface area contributed by atoms with E-state index in [1.807, 2.05) is 26.1 Å². The highest BCUT2D eigenvalue weighted by atomic mass is 14.7. The summed E-state index contributed by atoms with van der Waals surface area (Å²) in [5, 5.41) is 0. The molecule has 0 radical (unpaired) electrons. The van der Waals surface area contributed by atoms with E-state index in [2.05, 4.69) is 18.8 Å². The summed E-state index contributed by atoms with van der Waals surface area (Å²) in [5.41, 5.74) is 1.10. The van der Waals surface area contributed by atoms with Crippen molar-refractivity contribution in [1.29, 1.82) is 0 Å². The van der Waals surface area contributed by atoms with Gasteiger partial charge in [0, 0.05) is 11.9 Å². The molecule has 0 spiro atoms. The molecule has 0 fully saturated rings. The van der Waals surface area contributed by atoms with Crippen molar-refractivity contribution in [3.8, 4) is 0 Å². The Kier molecular flexibility index (Phi) is 4.91. The maximum absolute atomic E-state index is 4.25. The number of hydrogen-bond donors (Lipinski definition) is 0. The fourth-order valence-electron chi connectivity index (χ4n) is 0.425. The van der Waals surface area contributed by atoms with E-state index in [1.54, 1.807) is 0 Å². The van der Waals surface area contributed by atoms with Gasteiger partial charge in [-0.3, -0.25) is 4.99 Å². The zero-order valence-electron chi connectivity index (χ0n) is 7.39. The van der Waals surface area contributed by atoms with Crippen LogP contribution in [0.2, 0.25) is 0 Å². The topological polar surface area (TPSA) is 12.4 Å². The molecule has 1 unspecified atom stereocenters. The highest BCUT2D eigenvalue weighted by Gasteiger charge is 1.90. The standard InChI is InChI=1S/C9H17N/c1-5-8(3)7-10-9(4)6-2/h6-8H,5H2,1-4H3/b9-6-,10-7?. The van der Waals surface area contributed by atoms with E-state index < -0.39 is 0 Å². The Morgan fingerprint density at radius 3 is 2.60 bits per heavy atom. The van der Waals surface area contributed by atoms with E-state index in [4.69, 9.17) is 0 Å². The zero-order valence-corrected chi connectivity index (χ0v) is 7.39. The van der Waals surface area contributed by atoms with Gasteiger partial charge < -0.3 is 0 Å². The lowest BCUT2D eigenvalue weighted by Gasteiger charge is -1.97. The Morgan fingerprint density at radius 2 is 2.20 bits per heavy atom. The molecular formula is C9H17N. The van der Waals surface area contributed by atoms with Gasteiger partial charge in [-0.1, -0.05) is 19.9 Å². The van der Waals surface area contributed by atoms with Crippen LogP contribution in [0.3, 0.4) is 0 Å². The average molecular weight is 139 g/mol. The van der Waals surface area contributed by atoms with E-state index >= 15 is 0 Å². The van der Waals surface area contributed by atoms with E-state index in [0.717, 1.165) is 5.70 Å². The average Bonchev–Trinajstić information content (AvgIpc) is 1.99. The molecule has 0 aromatic carbocycles. The first-order chi connectivity index (χ1) is 4.70. The van der Waals surface area contributed by atoms with Gasteiger partial charge in [0.15, 0.2) is 0 Å². The molecular weight excluding hydrogens is 122 g/mol. The lowest BCUT2D eigenvalue weighted by molar-refractivity contribution is 0.753. The molecule has 1 heteroatoms. The maximum Gasteiger partial charge on any atom is 0.0326 e. The predicted molar refractivity (Wildman–Crippen MR) is 47.4 cm³/mol. The van der Waals surface area contributed by atoms with Gasteiger partial charge in [-0.2, -0.15) is 0 Å². The highest BCUT2D eigenvalue weighted by molar-refractivity contribution is 5.61. The molecule has 0 heterocycles. The fraction of sp³-hybridized carbons (Fsp3) is 0.667. The molecule has 0 amide bonds. The van der Waals surface area contributed by atoms with Gasteiger partial charge in [0.25, 0.3) is 0 Å². The molecule has 1 nitrogen and oxygen atoms in total. The van der Waals surface area contributed by atoms with Crippen LogP contribution in [0.25, 0.3) is 0 Å². The van der Waals surface area contributed by atoms with Crippen molar-refractivity contribution < 1.29 is 0 Å². The van der Waals surface area contributed by atoms with Crippen LogP contribution in [0.15, 0.2) is 16.8 Å². The molecule has 0 aromatic heterocycles. The van der Waals surface area contributed by atoms with Gasteiger partial charge in [0.1, 0.15) is 0 Å². The van der Waals surface area contributed by atoms with Crippen molar-refractivity contribution in [1.82, 2.24) is 0 Å². The van der Waals surface area contributed by atoms with Crippen molar-refractivity contribution in [2.24, 2.45) is 10.9 Å². The maximum atomic E-state index is 4.25. The van der Waals surface area contributed by atoms with Crippen LogP contribution in [0, 0.1) is 5.92 Å². The monoisotopic (exact) mass is 139 g/mol. The Hall–Kier alpha value is -0.590. The third-order valence-electron chi connectivity index (χ3n) is 1.59. The van der Waals surface area contributed by atoms with Gasteiger partial charge in [-0.15, -0.1) is 0 Å². The van der Waals surface area contributed by atoms with Gasteiger partial charge in [0.05, 0.1) is 0 Å². The molecule has 0 N–H and O–H groups in total. The van der Waals surface area contributed by atoms with Crippen molar-refractivity contribution in [2.75, 3.05) is 0 Å². The summed E-state index contributed by atoms with van der Waals surface area (Å²) in [6, 6.07) is 0. The van der Waals surface area contributed by atoms with Crippen LogP contribution in [-0.4, -0.2) is 6.21 Å². The van der Waals surface area contributed by atoms with Crippen LogP contribution < -0.4 is 0 Å². The highest BCUT2D eigenvalue weighted by Crippen LogP contribution is 1.99. The normalized spacial score (nSPS) is 16.2. The van der Waals surface area contributed by atoms with Crippen molar-refractivity contribution >= 4 is 6.21 Å². The van der Waals surface area contributed by atoms with Crippen molar-refractivity contribution in [2.45, 2.75) is 34.1 Å². The first-order valence-corrected chi connectivity index (χ1v) is 3.87. The minimum atomic E-state index is 0.606. The molecule has 0 rings (SSSR count). The van der Waals surface area contributed by atoms with Crippen LogP contribution >= 0.6 is 0 Å². The number of hydrogen-bond acceptors (Lipinski definition) is 1. The second kappa shape index (κ2) is 5.21. The predicted octanol–water partition coefficient (Wildman–Crippen LogP) is 3.03. The van der Waals surface area contributed by atoms with E-state index in [1.165, 1.54) is 6.42 Å². The van der Waals surface area contributed by atoms with E-state index in [9.17, 15) is 0 Å². The summed E-state index contributed by atoms with van der Waals surface area (Å²) in [5.74, 6) is 0.606. The smallest absolute Gasteiger partial charge is 0.0326 e. The molecule has 0 saturated carbocycles. The third kappa shape index (κ3) is 4.30. The number of nitrogens with zero attached hydrogens (tertiary/aromatic N) is 1. The summed E-state index contributed by atoms with van der Waals surface area (Å²) in [4.78, 5) is 4.25. The largest absolute Gasteiger partial charge is 0.266 e. The number of rotatable bonds is 3. The minimum absolute atomic E-state index is 0.606. The number of aliphatic imine (C=N–C) groups is 1. The molecule has 0 aliphatic carbocycles. The Labute approximate surface area is 63.9 Å². The van der Waals surface area contributed by atoms with Crippen LogP contribution in [0.5, 0.6) is 0 Å².